The van der Waals surface area contributed by atoms with Crippen LogP contribution < -0.4 is 10.5 Å². The lowest BCUT2D eigenvalue weighted by molar-refractivity contribution is 0.461. The van der Waals surface area contributed by atoms with E-state index in [-0.39, 0.29) is 5.82 Å². The van der Waals surface area contributed by atoms with Gasteiger partial charge >= 0.3 is 0 Å². The van der Waals surface area contributed by atoms with E-state index >= 15 is 0 Å². The number of rotatable bonds is 4. The number of nitrogens with zero attached hydrogens (tertiary/aromatic N) is 5. The fourth-order valence-electron chi connectivity index (χ4n) is 2.87. The molecule has 2 heterocycles. The molecule has 7 nitrogen and oxygen atoms in total. The van der Waals surface area contributed by atoms with Gasteiger partial charge in [0.2, 0.25) is 5.88 Å². The predicted molar refractivity (Wildman–Crippen MR) is 110 cm³/mol. The van der Waals surface area contributed by atoms with E-state index < -0.39 is 0 Å². The molecule has 0 atom stereocenters. The molecule has 29 heavy (non-hydrogen) atoms. The van der Waals surface area contributed by atoms with Crippen molar-refractivity contribution in [2.45, 2.75) is 13.8 Å². The molecule has 0 saturated carbocycles. The van der Waals surface area contributed by atoms with Gasteiger partial charge < -0.3 is 10.5 Å². The highest BCUT2D eigenvalue weighted by atomic mass is 16.5. The molecule has 2 N–H and O–H groups in total. The van der Waals surface area contributed by atoms with Crippen molar-refractivity contribution in [2.75, 3.05) is 5.73 Å². The van der Waals surface area contributed by atoms with E-state index in [0.29, 0.717) is 34.5 Å². The monoisotopic (exact) mass is 382 g/mol. The molecule has 0 unspecified atom stereocenters. The van der Waals surface area contributed by atoms with Gasteiger partial charge in [0.1, 0.15) is 23.2 Å². The fraction of sp³-hybridized carbons (Fsp3) is 0.0909. The zero-order chi connectivity index (χ0) is 20.4. The van der Waals surface area contributed by atoms with E-state index in [1.807, 2.05) is 61.5 Å². The van der Waals surface area contributed by atoms with Gasteiger partial charge in [0.25, 0.3) is 0 Å². The average molecular weight is 382 g/mol. The maximum absolute atomic E-state index is 9.32. The minimum atomic E-state index is 0.226. The Bertz CT molecular complexity index is 1210. The first-order valence-electron chi connectivity index (χ1n) is 9.00. The molecule has 0 aliphatic carbocycles. The highest BCUT2D eigenvalue weighted by molar-refractivity contribution is 5.59. The molecule has 0 aliphatic heterocycles. The number of aromatic nitrogens is 4. The molecule has 4 rings (SSSR count). The van der Waals surface area contributed by atoms with E-state index in [4.69, 9.17) is 10.5 Å². The first kappa shape index (κ1) is 18.2. The molecule has 0 aliphatic rings. The van der Waals surface area contributed by atoms with E-state index in [1.165, 1.54) is 4.68 Å². The number of nitrogen functional groups attached to an aromatic ring is 1. The van der Waals surface area contributed by atoms with Gasteiger partial charge in [-0.1, -0.05) is 48.0 Å². The quantitative estimate of drug-likeness (QED) is 0.568. The molecular formula is C22H18N6O. The molecular weight excluding hydrogens is 364 g/mol. The molecule has 0 bridgehead atoms. The van der Waals surface area contributed by atoms with Gasteiger partial charge in [-0.2, -0.15) is 20.0 Å². The number of hydrogen-bond donors (Lipinski definition) is 1. The van der Waals surface area contributed by atoms with Crippen LogP contribution in [0.3, 0.4) is 0 Å². The summed E-state index contributed by atoms with van der Waals surface area (Å²) in [7, 11) is 0. The van der Waals surface area contributed by atoms with Crippen LogP contribution in [-0.4, -0.2) is 19.7 Å². The molecule has 2 aromatic carbocycles. The van der Waals surface area contributed by atoms with Gasteiger partial charge in [-0.3, -0.25) is 0 Å². The third kappa shape index (κ3) is 3.64. The van der Waals surface area contributed by atoms with Gasteiger partial charge in [0.05, 0.1) is 5.69 Å². The SMILES string of the molecule is Cc1ccc(Oc2cc(-n3nc(C)c(C#N)c3N)nc(-c3ccccc3)n2)cc1. The summed E-state index contributed by atoms with van der Waals surface area (Å²) in [6.45, 7) is 3.74. The standard InChI is InChI=1S/C22H18N6O/c1-14-8-10-17(11-9-14)29-20-12-19(28-21(24)18(13-23)15(2)27-28)25-22(26-20)16-6-4-3-5-7-16/h3-12H,24H2,1-2H3. The van der Waals surface area contributed by atoms with E-state index in [9.17, 15) is 5.26 Å². The summed E-state index contributed by atoms with van der Waals surface area (Å²) in [5.74, 6) is 2.12. The zero-order valence-corrected chi connectivity index (χ0v) is 16.0. The highest BCUT2D eigenvalue weighted by Gasteiger charge is 2.17. The Labute approximate surface area is 168 Å². The largest absolute Gasteiger partial charge is 0.439 e. The molecule has 7 heteroatoms. The number of nitriles is 1. The van der Waals surface area contributed by atoms with E-state index in [2.05, 4.69) is 21.1 Å². The average Bonchev–Trinajstić information content (AvgIpc) is 3.03. The van der Waals surface area contributed by atoms with Crippen LogP contribution in [0.5, 0.6) is 11.6 Å². The predicted octanol–water partition coefficient (Wildman–Crippen LogP) is 4.19. The number of nitrogens with two attached hydrogens (primary N) is 1. The van der Waals surface area contributed by atoms with Gasteiger partial charge in [0.15, 0.2) is 11.6 Å². The van der Waals surface area contributed by atoms with Crippen molar-refractivity contribution >= 4 is 5.82 Å². The molecule has 0 saturated heterocycles. The molecule has 0 spiro atoms. The normalized spacial score (nSPS) is 10.5. The van der Waals surface area contributed by atoms with Crippen LogP contribution in [0.25, 0.3) is 17.2 Å². The third-order valence-corrected chi connectivity index (χ3v) is 4.39. The highest BCUT2D eigenvalue weighted by Crippen LogP contribution is 2.27. The Morgan fingerprint density at radius 2 is 1.72 bits per heavy atom. The Kier molecular flexibility index (Phi) is 4.67. The lowest BCUT2D eigenvalue weighted by Gasteiger charge is -2.10. The smallest absolute Gasteiger partial charge is 0.225 e. The van der Waals surface area contributed by atoms with Gasteiger partial charge in [0, 0.05) is 11.6 Å². The van der Waals surface area contributed by atoms with Gasteiger partial charge in [-0.05, 0) is 26.0 Å². The van der Waals surface area contributed by atoms with Crippen LogP contribution in [0, 0.1) is 25.2 Å². The van der Waals surface area contributed by atoms with Crippen LogP contribution in [0.4, 0.5) is 5.82 Å². The van der Waals surface area contributed by atoms with Crippen molar-refractivity contribution in [1.82, 2.24) is 19.7 Å². The Hall–Kier alpha value is -4.18. The maximum atomic E-state index is 9.32. The second kappa shape index (κ2) is 7.44. The van der Waals surface area contributed by atoms with Crippen molar-refractivity contribution in [1.29, 1.82) is 5.26 Å². The summed E-state index contributed by atoms with van der Waals surface area (Å²) < 4.78 is 7.40. The van der Waals surface area contributed by atoms with Crippen molar-refractivity contribution in [3.63, 3.8) is 0 Å². The van der Waals surface area contributed by atoms with Crippen LogP contribution in [0.15, 0.2) is 60.7 Å². The molecule has 0 radical (unpaired) electrons. The summed E-state index contributed by atoms with van der Waals surface area (Å²) in [4.78, 5) is 9.14. The minimum absolute atomic E-state index is 0.226. The zero-order valence-electron chi connectivity index (χ0n) is 16.0. The van der Waals surface area contributed by atoms with Gasteiger partial charge in [-0.25, -0.2) is 4.98 Å². The van der Waals surface area contributed by atoms with Crippen LogP contribution >= 0.6 is 0 Å². The summed E-state index contributed by atoms with van der Waals surface area (Å²) in [5.41, 5.74) is 8.95. The molecule has 4 aromatic rings. The van der Waals surface area contributed by atoms with Gasteiger partial charge in [-0.15, -0.1) is 0 Å². The first-order valence-corrected chi connectivity index (χ1v) is 9.00. The van der Waals surface area contributed by atoms with Crippen LogP contribution in [0.2, 0.25) is 0 Å². The van der Waals surface area contributed by atoms with Crippen LogP contribution in [0.1, 0.15) is 16.8 Å². The second-order valence-corrected chi connectivity index (χ2v) is 6.54. The first-order chi connectivity index (χ1) is 14.0. The Morgan fingerprint density at radius 3 is 2.38 bits per heavy atom. The number of ether oxygens (including phenoxy) is 1. The lowest BCUT2D eigenvalue weighted by atomic mass is 10.2. The van der Waals surface area contributed by atoms with Crippen LogP contribution in [-0.2, 0) is 0 Å². The van der Waals surface area contributed by atoms with E-state index in [0.717, 1.165) is 11.1 Å². The van der Waals surface area contributed by atoms with Crippen molar-refractivity contribution in [2.24, 2.45) is 0 Å². The molecule has 2 aromatic heterocycles. The van der Waals surface area contributed by atoms with Crippen molar-refractivity contribution in [3.05, 3.63) is 77.5 Å². The molecule has 0 amide bonds. The number of hydrogen-bond acceptors (Lipinski definition) is 6. The van der Waals surface area contributed by atoms with E-state index in [1.54, 1.807) is 13.0 Å². The summed E-state index contributed by atoms with van der Waals surface area (Å²) in [6, 6.07) is 21.0. The molecule has 0 fully saturated rings. The fourth-order valence-corrected chi connectivity index (χ4v) is 2.87. The maximum Gasteiger partial charge on any atom is 0.225 e. The summed E-state index contributed by atoms with van der Waals surface area (Å²) in [5, 5.41) is 13.7. The summed E-state index contributed by atoms with van der Waals surface area (Å²) in [6.07, 6.45) is 0. The van der Waals surface area contributed by atoms with Crippen molar-refractivity contribution < 1.29 is 4.74 Å². The number of benzene rings is 2. The molecule has 142 valence electrons. The number of aryl methyl sites for hydroxylation is 2. The Balaban J connectivity index is 1.84. The summed E-state index contributed by atoms with van der Waals surface area (Å²) >= 11 is 0. The number of anilines is 1. The minimum Gasteiger partial charge on any atom is -0.439 e. The third-order valence-electron chi connectivity index (χ3n) is 4.39. The Morgan fingerprint density at radius 1 is 1.00 bits per heavy atom. The second-order valence-electron chi connectivity index (χ2n) is 6.54. The topological polar surface area (TPSA) is 103 Å². The lowest BCUT2D eigenvalue weighted by Crippen LogP contribution is -2.07. The van der Waals surface area contributed by atoms with Crippen molar-refractivity contribution in [3.8, 4) is 34.9 Å².